The van der Waals surface area contributed by atoms with E-state index in [1.54, 1.807) is 0 Å². The second-order valence-electron chi connectivity index (χ2n) is 4.62. The number of hydrogen-bond donors (Lipinski definition) is 0. The molecular weight excluding hydrogens is 680 g/mol. The Kier molecular flexibility index (Phi) is 98.9. The monoisotopic (exact) mass is 724 g/mol. The van der Waals surface area contributed by atoms with Gasteiger partial charge in [0.15, 0.2) is 0 Å². The van der Waals surface area contributed by atoms with Crippen molar-refractivity contribution in [3.05, 3.63) is 20.8 Å². The average Bonchev–Trinajstić information content (AvgIpc) is 2.57. The van der Waals surface area contributed by atoms with Crippen molar-refractivity contribution < 1.29 is 111 Å². The third-order valence-electron chi connectivity index (χ3n) is 2.36. The summed E-state index contributed by atoms with van der Waals surface area (Å²) >= 11 is 0. The van der Waals surface area contributed by atoms with Gasteiger partial charge in [0.25, 0.3) is 0 Å². The molecule has 0 aromatic carbocycles. The molecule has 0 N–H and O–H groups in total. The summed E-state index contributed by atoms with van der Waals surface area (Å²) in [7, 11) is -3.37. The van der Waals surface area contributed by atoms with Gasteiger partial charge in [0.05, 0.1) is 0 Å². The largest absolute Gasteiger partial charge is 2.00 e. The van der Waals surface area contributed by atoms with E-state index in [4.69, 9.17) is 28.9 Å². The van der Waals surface area contributed by atoms with Gasteiger partial charge in [-0.2, -0.15) is 0 Å². The Morgan fingerprint density at radius 2 is 0.750 bits per heavy atom. The third-order valence-corrected chi connectivity index (χ3v) is 2.36. The summed E-state index contributed by atoms with van der Waals surface area (Å²) in [5.41, 5.74) is 0. The molecule has 0 rings (SSSR count). The standard InChI is InChI=1S/3C6H13O.3Cd.O3P/c3*1-3-5-6-7-4-2;;;;1-4(2)3/h3*2-6H2,1H3;;;;/q3*-1;3*+2;-3. The van der Waals surface area contributed by atoms with Crippen LogP contribution >= 0.6 is 8.60 Å². The van der Waals surface area contributed by atoms with Crippen molar-refractivity contribution >= 4 is 8.60 Å². The van der Waals surface area contributed by atoms with Crippen LogP contribution in [0.5, 0.6) is 0 Å². The Bertz CT molecular complexity index is 149. The number of ether oxygens (including phenoxy) is 3. The van der Waals surface area contributed by atoms with Crippen LogP contribution in [0.1, 0.15) is 59.3 Å². The van der Waals surface area contributed by atoms with Gasteiger partial charge in [0.2, 0.25) is 0 Å². The first-order chi connectivity index (χ1) is 12.0. The zero-order valence-corrected chi connectivity index (χ0v) is 31.6. The van der Waals surface area contributed by atoms with Gasteiger partial charge in [-0.25, -0.2) is 0 Å². The van der Waals surface area contributed by atoms with Gasteiger partial charge in [-0.1, -0.05) is 59.9 Å². The van der Waals surface area contributed by atoms with Crippen molar-refractivity contribution in [2.45, 2.75) is 59.3 Å². The molecule has 0 aliphatic rings. The maximum Gasteiger partial charge on any atom is 2.00 e. The molecule has 0 unspecified atom stereocenters. The fourth-order valence-electron chi connectivity index (χ4n) is 1.05. The first-order valence-electron chi connectivity index (χ1n) is 8.90. The minimum absolute atomic E-state index is 0. The van der Waals surface area contributed by atoms with Gasteiger partial charge in [-0.3, -0.25) is 0 Å². The Morgan fingerprint density at radius 1 is 0.571 bits per heavy atom. The van der Waals surface area contributed by atoms with E-state index >= 15 is 0 Å². The summed E-state index contributed by atoms with van der Waals surface area (Å²) in [6, 6.07) is 0. The molecule has 0 saturated carbocycles. The van der Waals surface area contributed by atoms with E-state index < -0.39 is 8.60 Å². The Hall–Kier alpha value is 2.96. The van der Waals surface area contributed by atoms with Gasteiger partial charge < -0.3 is 58.3 Å². The summed E-state index contributed by atoms with van der Waals surface area (Å²) in [4.78, 5) is 25.4. The molecule has 0 fully saturated rings. The van der Waals surface area contributed by atoms with E-state index in [0.29, 0.717) is 19.8 Å². The van der Waals surface area contributed by atoms with Gasteiger partial charge in [-0.15, -0.1) is 0 Å². The van der Waals surface area contributed by atoms with E-state index in [0.717, 1.165) is 39.1 Å². The van der Waals surface area contributed by atoms with Crippen LogP contribution in [0.15, 0.2) is 0 Å². The predicted molar refractivity (Wildman–Crippen MR) is 100 cm³/mol. The molecule has 0 atom stereocenters. The molecule has 0 radical (unpaired) electrons. The van der Waals surface area contributed by atoms with Crippen LogP contribution in [-0.2, 0) is 96.1 Å². The predicted octanol–water partition coefficient (Wildman–Crippen LogP) is 2.20. The molecule has 0 heterocycles. The summed E-state index contributed by atoms with van der Waals surface area (Å²) in [5, 5.41) is 0. The van der Waals surface area contributed by atoms with E-state index in [9.17, 15) is 0 Å². The molecule has 10 heteroatoms. The Balaban J connectivity index is -0.0000000412. The topological polar surface area (TPSA) is 96.9 Å². The zero-order valence-electron chi connectivity index (χ0n) is 18.6. The van der Waals surface area contributed by atoms with E-state index in [1.807, 2.05) is 0 Å². The quantitative estimate of drug-likeness (QED) is 0.133. The van der Waals surface area contributed by atoms with Gasteiger partial charge >= 0.3 is 81.9 Å². The summed E-state index contributed by atoms with van der Waals surface area (Å²) in [6.07, 6.45) is 7.11. The summed E-state index contributed by atoms with van der Waals surface area (Å²) < 4.78 is 14.9. The van der Waals surface area contributed by atoms with Crippen LogP contribution in [0.2, 0.25) is 0 Å². The van der Waals surface area contributed by atoms with E-state index in [2.05, 4.69) is 41.5 Å². The van der Waals surface area contributed by atoms with Gasteiger partial charge in [0, 0.05) is 19.8 Å². The van der Waals surface area contributed by atoms with Crippen LogP contribution < -0.4 is 14.7 Å². The Morgan fingerprint density at radius 3 is 0.857 bits per heavy atom. The van der Waals surface area contributed by atoms with Gasteiger partial charge in [0.1, 0.15) is 0 Å². The van der Waals surface area contributed by atoms with Crippen LogP contribution in [-0.4, -0.2) is 39.6 Å². The fourth-order valence-corrected chi connectivity index (χ4v) is 1.05. The number of unbranched alkanes of at least 4 members (excludes halogenated alkanes) is 3. The van der Waals surface area contributed by atoms with E-state index in [1.165, 1.54) is 19.3 Å². The molecule has 0 spiro atoms. The first kappa shape index (κ1) is 48.4. The van der Waals surface area contributed by atoms with Crippen molar-refractivity contribution in [1.82, 2.24) is 0 Å². The maximum atomic E-state index is 8.48. The molecule has 0 aromatic rings. The Labute approximate surface area is 236 Å². The molecule has 0 aliphatic heterocycles. The first-order valence-corrected chi connectivity index (χ1v) is 10.00. The third kappa shape index (κ3) is 101. The molecule has 0 aromatic heterocycles. The number of rotatable bonds is 12. The molecule has 0 aliphatic carbocycles. The summed E-state index contributed by atoms with van der Waals surface area (Å²) in [6.45, 7) is 21.5. The van der Waals surface area contributed by atoms with Crippen molar-refractivity contribution in [3.63, 3.8) is 0 Å². The smallest absolute Gasteiger partial charge is 0.854 e. The molecule has 0 bridgehead atoms. The minimum Gasteiger partial charge on any atom is -0.854 e. The molecule has 6 nitrogen and oxygen atoms in total. The SMILES string of the molecule is [CH2-]COCCCC.[CH2-]COCCCC.[CH2-]COCCCC.[Cd+2].[Cd+2].[Cd+2].[O-]P([O-])[O-]. The maximum absolute atomic E-state index is 8.48. The van der Waals surface area contributed by atoms with Gasteiger partial charge in [-0.05, 0) is 19.3 Å². The van der Waals surface area contributed by atoms with Crippen molar-refractivity contribution in [3.8, 4) is 0 Å². The van der Waals surface area contributed by atoms with Crippen LogP contribution in [0, 0.1) is 20.8 Å². The average molecular weight is 720 g/mol. The molecular formula is C18H39Cd3O6P. The van der Waals surface area contributed by atoms with Crippen LogP contribution in [0.4, 0.5) is 0 Å². The van der Waals surface area contributed by atoms with Crippen LogP contribution in [0.3, 0.4) is 0 Å². The second-order valence-corrected chi connectivity index (χ2v) is 5.07. The van der Waals surface area contributed by atoms with Crippen LogP contribution in [0.25, 0.3) is 0 Å². The fraction of sp³-hybridized carbons (Fsp3) is 0.833. The van der Waals surface area contributed by atoms with Crippen molar-refractivity contribution in [2.75, 3.05) is 39.6 Å². The molecule has 0 saturated heterocycles. The molecule has 0 amide bonds. The normalized spacial score (nSPS) is 8.36. The minimum atomic E-state index is -3.37. The summed E-state index contributed by atoms with van der Waals surface area (Å²) in [5.74, 6) is 0. The second kappa shape index (κ2) is 57.2. The van der Waals surface area contributed by atoms with Crippen molar-refractivity contribution in [1.29, 1.82) is 0 Å². The number of hydrogen-bond acceptors (Lipinski definition) is 6. The molecule has 158 valence electrons. The van der Waals surface area contributed by atoms with E-state index in [-0.39, 0.29) is 81.9 Å². The molecule has 28 heavy (non-hydrogen) atoms. The van der Waals surface area contributed by atoms with Crippen molar-refractivity contribution in [2.24, 2.45) is 0 Å². The zero-order chi connectivity index (χ0) is 20.2.